The normalized spacial score (nSPS) is 10.7. The number of nitrogens with zero attached hydrogens (tertiary/aromatic N) is 1. The Morgan fingerprint density at radius 1 is 0.903 bits per heavy atom. The van der Waals surface area contributed by atoms with Gasteiger partial charge in [-0.3, -0.25) is 4.79 Å². The third-order valence-electron chi connectivity index (χ3n) is 5.71. The molecule has 0 unspecified atom stereocenters. The van der Waals surface area contributed by atoms with Crippen LogP contribution in [0.15, 0.2) is 66.7 Å². The minimum absolute atomic E-state index is 0.166. The van der Waals surface area contributed by atoms with Crippen LogP contribution in [0.25, 0.3) is 11.1 Å². The van der Waals surface area contributed by atoms with Crippen molar-refractivity contribution >= 4 is 11.7 Å². The topological polar surface area (TPSA) is 29.5 Å². The quantitative estimate of drug-likeness (QED) is 0.374. The van der Waals surface area contributed by atoms with Crippen molar-refractivity contribution in [1.82, 2.24) is 0 Å². The molecule has 0 saturated carbocycles. The van der Waals surface area contributed by atoms with E-state index in [1.807, 2.05) is 0 Å². The van der Waals surface area contributed by atoms with E-state index in [1.165, 1.54) is 40.6 Å². The van der Waals surface area contributed by atoms with Gasteiger partial charge in [0.25, 0.3) is 0 Å². The standard InChI is InChI=1S/C28H33NO2/c1-5-18-29(26-15-12-23(13-16-26)14-17-27(30)31-4)20-24-10-7-11-25(19-24)28-21(2)8-6-9-22(28)3/h6-13,15-16,19H,5,14,17-18,20H2,1-4H3. The highest BCUT2D eigenvalue weighted by Crippen LogP contribution is 2.28. The van der Waals surface area contributed by atoms with Crippen molar-refractivity contribution in [1.29, 1.82) is 0 Å². The Morgan fingerprint density at radius 2 is 1.58 bits per heavy atom. The lowest BCUT2D eigenvalue weighted by molar-refractivity contribution is -0.140. The number of esters is 1. The van der Waals surface area contributed by atoms with Crippen LogP contribution >= 0.6 is 0 Å². The lowest BCUT2D eigenvalue weighted by Gasteiger charge is -2.25. The van der Waals surface area contributed by atoms with E-state index in [2.05, 4.69) is 92.4 Å². The number of ether oxygens (including phenoxy) is 1. The van der Waals surface area contributed by atoms with Gasteiger partial charge in [0.2, 0.25) is 0 Å². The first kappa shape index (κ1) is 22.6. The predicted molar refractivity (Wildman–Crippen MR) is 129 cm³/mol. The zero-order valence-electron chi connectivity index (χ0n) is 19.2. The molecule has 31 heavy (non-hydrogen) atoms. The average molecular weight is 416 g/mol. The maximum atomic E-state index is 11.4. The van der Waals surface area contributed by atoms with Crippen molar-refractivity contribution in [3.05, 3.63) is 89.0 Å². The second-order valence-electron chi connectivity index (χ2n) is 8.13. The molecular weight excluding hydrogens is 382 g/mol. The highest BCUT2D eigenvalue weighted by Gasteiger charge is 2.10. The maximum absolute atomic E-state index is 11.4. The van der Waals surface area contributed by atoms with Gasteiger partial charge in [-0.2, -0.15) is 0 Å². The van der Waals surface area contributed by atoms with Gasteiger partial charge in [-0.15, -0.1) is 0 Å². The van der Waals surface area contributed by atoms with Crippen molar-refractivity contribution < 1.29 is 9.53 Å². The van der Waals surface area contributed by atoms with Crippen LogP contribution in [0.1, 0.15) is 42.0 Å². The first-order valence-corrected chi connectivity index (χ1v) is 11.1. The summed E-state index contributed by atoms with van der Waals surface area (Å²) < 4.78 is 4.74. The largest absolute Gasteiger partial charge is 0.469 e. The van der Waals surface area contributed by atoms with Crippen LogP contribution in [0.4, 0.5) is 5.69 Å². The van der Waals surface area contributed by atoms with Crippen molar-refractivity contribution in [2.45, 2.75) is 46.6 Å². The minimum atomic E-state index is -0.166. The molecule has 0 atom stereocenters. The van der Waals surface area contributed by atoms with Gasteiger partial charge < -0.3 is 9.64 Å². The SMILES string of the molecule is CCCN(Cc1cccc(-c2c(C)cccc2C)c1)c1ccc(CCC(=O)OC)cc1. The minimum Gasteiger partial charge on any atom is -0.469 e. The molecule has 0 heterocycles. The van der Waals surface area contributed by atoms with Gasteiger partial charge in [0.05, 0.1) is 7.11 Å². The number of anilines is 1. The number of carbonyl (C=O) groups excluding carboxylic acids is 1. The highest BCUT2D eigenvalue weighted by atomic mass is 16.5. The predicted octanol–water partition coefficient (Wildman–Crippen LogP) is 6.49. The fraction of sp³-hybridized carbons (Fsp3) is 0.321. The fourth-order valence-electron chi connectivity index (χ4n) is 4.11. The molecule has 3 heteroatoms. The zero-order valence-corrected chi connectivity index (χ0v) is 19.2. The second kappa shape index (κ2) is 10.8. The number of rotatable bonds is 9. The number of aryl methyl sites for hydroxylation is 3. The Labute approximate surface area is 186 Å². The molecule has 0 saturated heterocycles. The van der Waals surface area contributed by atoms with Gasteiger partial charge in [-0.1, -0.05) is 55.5 Å². The summed E-state index contributed by atoms with van der Waals surface area (Å²) >= 11 is 0. The summed E-state index contributed by atoms with van der Waals surface area (Å²) in [4.78, 5) is 13.8. The summed E-state index contributed by atoms with van der Waals surface area (Å²) in [5.74, 6) is -0.166. The number of methoxy groups -OCH3 is 1. The second-order valence-corrected chi connectivity index (χ2v) is 8.13. The van der Waals surface area contributed by atoms with Crippen LogP contribution in [0.3, 0.4) is 0 Å². The van der Waals surface area contributed by atoms with E-state index in [1.54, 1.807) is 0 Å². The lowest BCUT2D eigenvalue weighted by Crippen LogP contribution is -2.23. The van der Waals surface area contributed by atoms with Gasteiger partial charge in [0.1, 0.15) is 0 Å². The van der Waals surface area contributed by atoms with Crippen LogP contribution in [0.5, 0.6) is 0 Å². The summed E-state index contributed by atoms with van der Waals surface area (Å²) in [5, 5.41) is 0. The smallest absolute Gasteiger partial charge is 0.305 e. The molecule has 162 valence electrons. The Bertz CT molecular complexity index is 988. The Morgan fingerprint density at radius 3 is 2.23 bits per heavy atom. The van der Waals surface area contributed by atoms with E-state index in [0.717, 1.165) is 25.1 Å². The lowest BCUT2D eigenvalue weighted by atomic mass is 9.94. The summed E-state index contributed by atoms with van der Waals surface area (Å²) in [6.45, 7) is 8.44. The summed E-state index contributed by atoms with van der Waals surface area (Å²) in [6, 6.07) is 24.0. The van der Waals surface area contributed by atoms with E-state index in [9.17, 15) is 4.79 Å². The summed E-state index contributed by atoms with van der Waals surface area (Å²) in [7, 11) is 1.43. The monoisotopic (exact) mass is 415 g/mol. The van der Waals surface area contributed by atoms with Crippen LogP contribution in [-0.2, 0) is 22.5 Å². The van der Waals surface area contributed by atoms with E-state index in [0.29, 0.717) is 12.8 Å². The molecular formula is C28H33NO2. The third-order valence-corrected chi connectivity index (χ3v) is 5.71. The Hall–Kier alpha value is -3.07. The van der Waals surface area contributed by atoms with Crippen molar-refractivity contribution in [3.63, 3.8) is 0 Å². The maximum Gasteiger partial charge on any atom is 0.305 e. The molecule has 3 rings (SSSR count). The molecule has 0 aliphatic rings. The van der Waals surface area contributed by atoms with Gasteiger partial charge in [0, 0.05) is 25.2 Å². The molecule has 0 N–H and O–H groups in total. The van der Waals surface area contributed by atoms with E-state index >= 15 is 0 Å². The summed E-state index contributed by atoms with van der Waals surface area (Å²) in [5.41, 5.74) is 8.91. The molecule has 0 amide bonds. The number of hydrogen-bond donors (Lipinski definition) is 0. The van der Waals surface area contributed by atoms with Gasteiger partial charge in [-0.25, -0.2) is 0 Å². The zero-order chi connectivity index (χ0) is 22.2. The van der Waals surface area contributed by atoms with Crippen LogP contribution in [0.2, 0.25) is 0 Å². The molecule has 0 aromatic heterocycles. The molecule has 0 radical (unpaired) electrons. The first-order chi connectivity index (χ1) is 15.0. The van der Waals surface area contributed by atoms with Crippen molar-refractivity contribution in [2.24, 2.45) is 0 Å². The van der Waals surface area contributed by atoms with Gasteiger partial charge >= 0.3 is 5.97 Å². The molecule has 0 aliphatic heterocycles. The summed E-state index contributed by atoms with van der Waals surface area (Å²) in [6.07, 6.45) is 2.21. The molecule has 3 aromatic rings. The molecule has 0 fully saturated rings. The molecule has 3 aromatic carbocycles. The third kappa shape index (κ3) is 5.97. The van der Waals surface area contributed by atoms with E-state index in [4.69, 9.17) is 4.74 Å². The van der Waals surface area contributed by atoms with E-state index in [-0.39, 0.29) is 5.97 Å². The molecule has 0 aliphatic carbocycles. The van der Waals surface area contributed by atoms with Crippen LogP contribution in [0, 0.1) is 13.8 Å². The fourth-order valence-corrected chi connectivity index (χ4v) is 4.11. The average Bonchev–Trinajstić information content (AvgIpc) is 2.78. The van der Waals surface area contributed by atoms with E-state index < -0.39 is 0 Å². The number of hydrogen-bond acceptors (Lipinski definition) is 3. The number of carbonyl (C=O) groups is 1. The molecule has 0 bridgehead atoms. The Kier molecular flexibility index (Phi) is 7.88. The van der Waals surface area contributed by atoms with Crippen molar-refractivity contribution in [3.8, 4) is 11.1 Å². The molecule has 0 spiro atoms. The highest BCUT2D eigenvalue weighted by molar-refractivity contribution is 5.71. The number of benzene rings is 3. The van der Waals surface area contributed by atoms with Crippen molar-refractivity contribution in [2.75, 3.05) is 18.6 Å². The first-order valence-electron chi connectivity index (χ1n) is 11.1. The van der Waals surface area contributed by atoms with Gasteiger partial charge in [-0.05, 0) is 78.3 Å². The van der Waals surface area contributed by atoms with Gasteiger partial charge in [0.15, 0.2) is 0 Å². The Balaban J connectivity index is 1.78. The van der Waals surface area contributed by atoms with Crippen LogP contribution < -0.4 is 4.90 Å². The molecule has 3 nitrogen and oxygen atoms in total. The van der Waals surface area contributed by atoms with Crippen LogP contribution in [-0.4, -0.2) is 19.6 Å².